The number of Topliss-reactive ketones (excluding diaryl/α,β-unsaturated/α-hetero) is 1. The second-order valence-electron chi connectivity index (χ2n) is 6.28. The fraction of sp³-hybridized carbons (Fsp3) is 0.588. The van der Waals surface area contributed by atoms with Gasteiger partial charge in [-0.05, 0) is 74.6 Å². The van der Waals surface area contributed by atoms with Gasteiger partial charge in [0.2, 0.25) is 0 Å². The lowest BCUT2D eigenvalue weighted by Gasteiger charge is -2.22. The highest BCUT2D eigenvalue weighted by atomic mass is 16.5. The summed E-state index contributed by atoms with van der Waals surface area (Å²) in [6, 6.07) is 5.74. The number of ketones is 1. The molecule has 2 saturated carbocycles. The fourth-order valence-electron chi connectivity index (χ4n) is 3.81. The van der Waals surface area contributed by atoms with Gasteiger partial charge in [-0.1, -0.05) is 6.42 Å². The zero-order valence-corrected chi connectivity index (χ0v) is 11.8. The molecule has 0 heterocycles. The highest BCUT2D eigenvalue weighted by Crippen LogP contribution is 2.48. The summed E-state index contributed by atoms with van der Waals surface area (Å²) < 4.78 is 6.00. The maximum Gasteiger partial charge on any atom is 0.159 e. The first-order valence-electron chi connectivity index (χ1n) is 7.38. The van der Waals surface area contributed by atoms with Crippen LogP contribution in [0.1, 0.15) is 48.5 Å². The Morgan fingerprint density at radius 1 is 1.32 bits per heavy atom. The van der Waals surface area contributed by atoms with Crippen LogP contribution in [-0.2, 0) is 0 Å². The standard InChI is InChI=1S/C17H22O2/c1-11-7-14(12(2)18)5-6-17(11)19-10-16-9-13-3-4-15(16)8-13/h5-7,13,15-16H,3-4,8-10H2,1-2H3. The minimum atomic E-state index is 0.114. The van der Waals surface area contributed by atoms with Crippen molar-refractivity contribution in [3.05, 3.63) is 29.3 Å². The predicted molar refractivity (Wildman–Crippen MR) is 75.6 cm³/mol. The Labute approximate surface area is 115 Å². The van der Waals surface area contributed by atoms with Crippen LogP contribution in [0.5, 0.6) is 5.75 Å². The van der Waals surface area contributed by atoms with Gasteiger partial charge >= 0.3 is 0 Å². The van der Waals surface area contributed by atoms with Crippen LogP contribution in [0.2, 0.25) is 0 Å². The van der Waals surface area contributed by atoms with Crippen LogP contribution < -0.4 is 4.74 Å². The molecule has 1 aromatic rings. The van der Waals surface area contributed by atoms with Gasteiger partial charge in [0.1, 0.15) is 5.75 Å². The Morgan fingerprint density at radius 3 is 2.74 bits per heavy atom. The number of ether oxygens (including phenoxy) is 1. The van der Waals surface area contributed by atoms with Gasteiger partial charge in [-0.3, -0.25) is 4.79 Å². The second-order valence-corrected chi connectivity index (χ2v) is 6.28. The van der Waals surface area contributed by atoms with Crippen molar-refractivity contribution in [3.63, 3.8) is 0 Å². The molecule has 1 aromatic carbocycles. The zero-order valence-electron chi connectivity index (χ0n) is 11.8. The summed E-state index contributed by atoms with van der Waals surface area (Å²) in [5.74, 6) is 3.68. The number of fused-ring (bicyclic) bond motifs is 2. The van der Waals surface area contributed by atoms with Gasteiger partial charge < -0.3 is 4.74 Å². The number of benzene rings is 1. The summed E-state index contributed by atoms with van der Waals surface area (Å²) in [4.78, 5) is 11.3. The highest BCUT2D eigenvalue weighted by molar-refractivity contribution is 5.94. The van der Waals surface area contributed by atoms with E-state index in [4.69, 9.17) is 4.74 Å². The molecule has 2 bridgehead atoms. The number of aryl methyl sites for hydroxylation is 1. The molecule has 0 spiro atoms. The van der Waals surface area contributed by atoms with Gasteiger partial charge in [0.15, 0.2) is 5.78 Å². The smallest absolute Gasteiger partial charge is 0.159 e. The molecule has 2 fully saturated rings. The monoisotopic (exact) mass is 258 g/mol. The average molecular weight is 258 g/mol. The van der Waals surface area contributed by atoms with Crippen molar-refractivity contribution >= 4 is 5.78 Å². The van der Waals surface area contributed by atoms with Crippen LogP contribution in [0.15, 0.2) is 18.2 Å². The Morgan fingerprint density at radius 2 is 2.16 bits per heavy atom. The van der Waals surface area contributed by atoms with Crippen molar-refractivity contribution in [2.75, 3.05) is 6.61 Å². The number of rotatable bonds is 4. The molecule has 0 aromatic heterocycles. The summed E-state index contributed by atoms with van der Waals surface area (Å²) in [7, 11) is 0. The maximum atomic E-state index is 11.3. The van der Waals surface area contributed by atoms with Crippen molar-refractivity contribution in [2.24, 2.45) is 17.8 Å². The van der Waals surface area contributed by atoms with Crippen LogP contribution in [-0.4, -0.2) is 12.4 Å². The van der Waals surface area contributed by atoms with Gasteiger partial charge in [-0.15, -0.1) is 0 Å². The van der Waals surface area contributed by atoms with E-state index in [0.29, 0.717) is 0 Å². The number of hydrogen-bond donors (Lipinski definition) is 0. The molecule has 3 unspecified atom stereocenters. The first-order valence-corrected chi connectivity index (χ1v) is 7.38. The van der Waals surface area contributed by atoms with Crippen LogP contribution in [0.4, 0.5) is 0 Å². The van der Waals surface area contributed by atoms with E-state index < -0.39 is 0 Å². The molecule has 3 rings (SSSR count). The van der Waals surface area contributed by atoms with E-state index in [1.54, 1.807) is 6.92 Å². The molecule has 2 aliphatic rings. The molecule has 0 aliphatic heterocycles. The van der Waals surface area contributed by atoms with E-state index in [-0.39, 0.29) is 5.78 Å². The average Bonchev–Trinajstić information content (AvgIpc) is 2.99. The van der Waals surface area contributed by atoms with E-state index in [1.807, 2.05) is 25.1 Å². The summed E-state index contributed by atoms with van der Waals surface area (Å²) in [6.45, 7) is 4.47. The Bertz CT molecular complexity index is 492. The molecular formula is C17H22O2. The lowest BCUT2D eigenvalue weighted by molar-refractivity contribution is 0.101. The van der Waals surface area contributed by atoms with Gasteiger partial charge in [0, 0.05) is 5.56 Å². The molecule has 0 radical (unpaired) electrons. The number of hydrogen-bond acceptors (Lipinski definition) is 2. The van der Waals surface area contributed by atoms with Crippen molar-refractivity contribution in [3.8, 4) is 5.75 Å². The normalized spacial score (nSPS) is 28.6. The summed E-state index contributed by atoms with van der Waals surface area (Å²) in [5.41, 5.74) is 1.83. The zero-order chi connectivity index (χ0) is 13.4. The molecule has 2 nitrogen and oxygen atoms in total. The molecule has 3 atom stereocenters. The summed E-state index contributed by atoms with van der Waals surface area (Å²) in [5, 5.41) is 0. The number of carbonyl (C=O) groups is 1. The molecule has 102 valence electrons. The van der Waals surface area contributed by atoms with Gasteiger partial charge in [-0.25, -0.2) is 0 Å². The van der Waals surface area contributed by atoms with Crippen LogP contribution in [0.3, 0.4) is 0 Å². The van der Waals surface area contributed by atoms with Crippen molar-refractivity contribution < 1.29 is 9.53 Å². The van der Waals surface area contributed by atoms with Gasteiger partial charge in [0.25, 0.3) is 0 Å². The highest BCUT2D eigenvalue weighted by Gasteiger charge is 2.39. The van der Waals surface area contributed by atoms with E-state index in [9.17, 15) is 4.79 Å². The third-order valence-electron chi connectivity index (χ3n) is 4.92. The topological polar surface area (TPSA) is 26.3 Å². The van der Waals surface area contributed by atoms with Crippen molar-refractivity contribution in [1.29, 1.82) is 0 Å². The summed E-state index contributed by atoms with van der Waals surface area (Å²) in [6.07, 6.45) is 5.62. The first kappa shape index (κ1) is 12.7. The Balaban J connectivity index is 1.62. The second kappa shape index (κ2) is 4.99. The minimum absolute atomic E-state index is 0.114. The number of carbonyl (C=O) groups excluding carboxylic acids is 1. The van der Waals surface area contributed by atoms with Crippen molar-refractivity contribution in [1.82, 2.24) is 0 Å². The van der Waals surface area contributed by atoms with E-state index in [1.165, 1.54) is 25.7 Å². The molecule has 2 aliphatic carbocycles. The van der Waals surface area contributed by atoms with Gasteiger partial charge in [-0.2, -0.15) is 0 Å². The van der Waals surface area contributed by atoms with Crippen molar-refractivity contribution in [2.45, 2.75) is 39.5 Å². The summed E-state index contributed by atoms with van der Waals surface area (Å²) >= 11 is 0. The SMILES string of the molecule is CC(=O)c1ccc(OCC2CC3CCC2C3)c(C)c1. The van der Waals surface area contributed by atoms with Crippen LogP contribution >= 0.6 is 0 Å². The lowest BCUT2D eigenvalue weighted by atomic mass is 9.89. The molecule has 0 amide bonds. The predicted octanol–water partition coefficient (Wildman–Crippen LogP) is 4.01. The third-order valence-corrected chi connectivity index (χ3v) is 4.92. The molecular weight excluding hydrogens is 236 g/mol. The molecule has 19 heavy (non-hydrogen) atoms. The van der Waals surface area contributed by atoms with E-state index in [0.717, 1.165) is 41.2 Å². The molecule has 2 heteroatoms. The molecule has 0 N–H and O–H groups in total. The minimum Gasteiger partial charge on any atom is -0.493 e. The fourth-order valence-corrected chi connectivity index (χ4v) is 3.81. The Hall–Kier alpha value is -1.31. The lowest BCUT2D eigenvalue weighted by Crippen LogP contribution is -2.18. The quantitative estimate of drug-likeness (QED) is 0.763. The van der Waals surface area contributed by atoms with E-state index in [2.05, 4.69) is 0 Å². The first-order chi connectivity index (χ1) is 9.13. The Kier molecular flexibility index (Phi) is 3.34. The van der Waals surface area contributed by atoms with Gasteiger partial charge in [0.05, 0.1) is 6.61 Å². The van der Waals surface area contributed by atoms with Crippen LogP contribution in [0, 0.1) is 24.7 Å². The molecule has 0 saturated heterocycles. The largest absolute Gasteiger partial charge is 0.493 e. The maximum absolute atomic E-state index is 11.3. The van der Waals surface area contributed by atoms with E-state index >= 15 is 0 Å². The third kappa shape index (κ3) is 2.54. The van der Waals surface area contributed by atoms with Crippen LogP contribution in [0.25, 0.3) is 0 Å².